The Kier molecular flexibility index (Phi) is 8.12. The fourth-order valence-corrected chi connectivity index (χ4v) is 5.43. The number of nitrogens with zero attached hydrogens (tertiary/aromatic N) is 6. The molecule has 0 saturated carbocycles. The highest BCUT2D eigenvalue weighted by molar-refractivity contribution is 5.85. The van der Waals surface area contributed by atoms with E-state index < -0.39 is 22.8 Å². The minimum atomic E-state index is -0.657. The van der Waals surface area contributed by atoms with Gasteiger partial charge in [-0.2, -0.15) is 0 Å². The molecule has 1 saturated heterocycles. The Balaban J connectivity index is 1.45. The summed E-state index contributed by atoms with van der Waals surface area (Å²) in [5, 5.41) is 16.6. The number of rotatable bonds is 7. The molecule has 0 spiro atoms. The third-order valence-corrected chi connectivity index (χ3v) is 7.53. The van der Waals surface area contributed by atoms with E-state index in [4.69, 9.17) is 9.47 Å². The van der Waals surface area contributed by atoms with Gasteiger partial charge in [-0.15, -0.1) is 0 Å². The monoisotopic (exact) mass is 587 g/mol. The molecular weight excluding hydrogens is 550 g/mol. The number of piperidine rings is 1. The summed E-state index contributed by atoms with van der Waals surface area (Å²) in [6, 6.07) is 13.0. The van der Waals surface area contributed by atoms with E-state index in [1.165, 1.54) is 19.5 Å². The summed E-state index contributed by atoms with van der Waals surface area (Å²) in [7, 11) is 5.25. The van der Waals surface area contributed by atoms with Crippen molar-refractivity contribution in [1.29, 1.82) is 0 Å². The minimum absolute atomic E-state index is 0.135. The van der Waals surface area contributed by atoms with Crippen molar-refractivity contribution in [3.05, 3.63) is 65.1 Å². The number of amides is 1. The topological polar surface area (TPSA) is 128 Å². The molecule has 0 bridgehead atoms. The fraction of sp³-hybridized carbons (Fsp3) is 0.387. The lowest BCUT2D eigenvalue weighted by molar-refractivity contribution is -0.384. The van der Waals surface area contributed by atoms with Crippen LogP contribution >= 0.6 is 0 Å². The largest absolute Gasteiger partial charge is 0.494 e. The van der Waals surface area contributed by atoms with E-state index in [-0.39, 0.29) is 5.69 Å². The van der Waals surface area contributed by atoms with Crippen LogP contribution in [0.2, 0.25) is 0 Å². The molecule has 3 heterocycles. The van der Waals surface area contributed by atoms with Gasteiger partial charge in [-0.1, -0.05) is 6.07 Å². The van der Waals surface area contributed by atoms with Crippen LogP contribution in [-0.4, -0.2) is 62.9 Å². The van der Waals surface area contributed by atoms with Crippen LogP contribution in [0.1, 0.15) is 40.0 Å². The molecule has 226 valence electrons. The molecule has 5 rings (SSSR count). The van der Waals surface area contributed by atoms with Gasteiger partial charge in [0, 0.05) is 61.5 Å². The number of nitrogens with one attached hydrogen (secondary N) is 1. The van der Waals surface area contributed by atoms with E-state index in [0.717, 1.165) is 29.3 Å². The van der Waals surface area contributed by atoms with Gasteiger partial charge in [-0.3, -0.25) is 15.0 Å². The zero-order valence-electron chi connectivity index (χ0n) is 25.3. The Hall–Kier alpha value is -4.87. The van der Waals surface area contributed by atoms with Crippen molar-refractivity contribution >= 4 is 39.9 Å². The smallest absolute Gasteiger partial charge is 0.411 e. The lowest BCUT2D eigenvalue weighted by atomic mass is 10.1. The molecule has 0 aliphatic carbocycles. The van der Waals surface area contributed by atoms with Crippen LogP contribution in [-0.2, 0) is 11.8 Å². The summed E-state index contributed by atoms with van der Waals surface area (Å²) >= 11 is 0. The van der Waals surface area contributed by atoms with Gasteiger partial charge in [0.15, 0.2) is 0 Å². The third-order valence-electron chi connectivity index (χ3n) is 7.53. The second-order valence-electron chi connectivity index (χ2n) is 11.7. The van der Waals surface area contributed by atoms with Crippen LogP contribution in [0.4, 0.5) is 27.7 Å². The number of anilines is 3. The van der Waals surface area contributed by atoms with E-state index in [0.29, 0.717) is 41.6 Å². The van der Waals surface area contributed by atoms with Crippen molar-refractivity contribution in [2.75, 3.05) is 30.9 Å². The van der Waals surface area contributed by atoms with E-state index in [1.807, 2.05) is 52.2 Å². The highest BCUT2D eigenvalue weighted by Gasteiger charge is 2.35. The summed E-state index contributed by atoms with van der Waals surface area (Å²) in [5.41, 5.74) is 2.64. The van der Waals surface area contributed by atoms with Crippen molar-refractivity contribution in [3.63, 3.8) is 0 Å². The van der Waals surface area contributed by atoms with Crippen LogP contribution in [0.5, 0.6) is 5.75 Å². The number of benzene rings is 2. The van der Waals surface area contributed by atoms with Gasteiger partial charge in [0.1, 0.15) is 35.3 Å². The molecule has 1 N–H and O–H groups in total. The van der Waals surface area contributed by atoms with Crippen molar-refractivity contribution in [2.45, 2.75) is 51.8 Å². The normalized spacial score (nSPS) is 15.3. The molecule has 2 aromatic heterocycles. The van der Waals surface area contributed by atoms with Gasteiger partial charge in [0.05, 0.1) is 23.4 Å². The lowest BCUT2D eigenvalue weighted by Gasteiger charge is -2.42. The van der Waals surface area contributed by atoms with Gasteiger partial charge < -0.3 is 24.3 Å². The molecular formula is C31H37N7O5. The number of methoxy groups -OCH3 is 1. The Morgan fingerprint density at radius 1 is 1.14 bits per heavy atom. The van der Waals surface area contributed by atoms with Crippen LogP contribution in [0.3, 0.4) is 0 Å². The van der Waals surface area contributed by atoms with Gasteiger partial charge in [0.2, 0.25) is 0 Å². The molecule has 43 heavy (non-hydrogen) atoms. The van der Waals surface area contributed by atoms with E-state index in [1.54, 1.807) is 29.0 Å². The molecule has 1 aliphatic heterocycles. The third kappa shape index (κ3) is 6.32. The van der Waals surface area contributed by atoms with Gasteiger partial charge in [-0.05, 0) is 58.2 Å². The van der Waals surface area contributed by atoms with Crippen molar-refractivity contribution in [2.24, 2.45) is 7.05 Å². The number of nitro groups is 1. The SMILES string of the molecule is COc1cc(N(C)C2CCCCN2C(=O)OC(C)(C)C)c([N+](=O)[O-])cc1Nc1cc(-c2ccc3c(ccn3C)c2)ncn1. The predicted molar refractivity (Wildman–Crippen MR) is 166 cm³/mol. The Morgan fingerprint density at radius 3 is 2.65 bits per heavy atom. The Morgan fingerprint density at radius 2 is 1.93 bits per heavy atom. The second kappa shape index (κ2) is 11.8. The molecule has 4 aromatic rings. The number of fused-ring (bicyclic) bond motifs is 1. The maximum atomic E-state index is 13.1. The van der Waals surface area contributed by atoms with Crippen LogP contribution < -0.4 is 15.0 Å². The maximum Gasteiger partial charge on any atom is 0.411 e. The number of aryl methyl sites for hydroxylation is 1. The fourth-order valence-electron chi connectivity index (χ4n) is 5.43. The van der Waals surface area contributed by atoms with E-state index in [2.05, 4.69) is 25.9 Å². The number of carbonyl (C=O) groups is 1. The second-order valence-corrected chi connectivity index (χ2v) is 11.7. The molecule has 2 aromatic carbocycles. The number of nitro benzene ring substituents is 1. The first kappa shape index (κ1) is 29.6. The number of likely N-dealkylation sites (tertiary alicyclic amines) is 1. The number of ether oxygens (including phenoxy) is 2. The Bertz CT molecular complexity index is 1660. The zero-order chi connectivity index (χ0) is 30.9. The highest BCUT2D eigenvalue weighted by atomic mass is 16.6. The van der Waals surface area contributed by atoms with Crippen molar-refractivity contribution in [3.8, 4) is 17.0 Å². The quantitative estimate of drug-likeness (QED) is 0.191. The minimum Gasteiger partial charge on any atom is -0.494 e. The summed E-state index contributed by atoms with van der Waals surface area (Å²) in [6.45, 7) is 5.95. The zero-order valence-corrected chi connectivity index (χ0v) is 25.3. The number of hydrogen-bond acceptors (Lipinski definition) is 9. The van der Waals surface area contributed by atoms with Crippen molar-refractivity contribution < 1.29 is 19.2 Å². The summed E-state index contributed by atoms with van der Waals surface area (Å²) < 4.78 is 13.4. The molecule has 1 amide bonds. The standard InChI is InChI=1S/C31H37N7O5/c1-31(2,3)43-30(39)37-13-8-7-9-29(37)36(5)25-18-27(42-6)23(16-26(25)38(40)41)34-28-17-22(32-19-33-28)20-10-11-24-21(15-20)12-14-35(24)4/h10-12,14-19,29H,7-9,13H2,1-6H3,(H,32,33,34). The molecule has 0 radical (unpaired) electrons. The summed E-state index contributed by atoms with van der Waals surface area (Å²) in [6.07, 6.45) is 4.95. The molecule has 12 heteroatoms. The van der Waals surface area contributed by atoms with Crippen molar-refractivity contribution in [1.82, 2.24) is 19.4 Å². The first-order valence-electron chi connectivity index (χ1n) is 14.2. The van der Waals surface area contributed by atoms with Gasteiger partial charge in [-0.25, -0.2) is 14.8 Å². The van der Waals surface area contributed by atoms with Gasteiger partial charge in [0.25, 0.3) is 5.69 Å². The van der Waals surface area contributed by atoms with E-state index >= 15 is 0 Å². The first-order chi connectivity index (χ1) is 20.4. The van der Waals surface area contributed by atoms with Gasteiger partial charge >= 0.3 is 6.09 Å². The van der Waals surface area contributed by atoms with Crippen LogP contribution in [0.25, 0.3) is 22.2 Å². The molecule has 1 atom stereocenters. The molecule has 1 aliphatic rings. The summed E-state index contributed by atoms with van der Waals surface area (Å²) in [4.78, 5) is 37.1. The Labute approximate surface area is 250 Å². The number of hydrogen-bond donors (Lipinski definition) is 1. The maximum absolute atomic E-state index is 13.1. The van der Waals surface area contributed by atoms with Crippen LogP contribution in [0.15, 0.2) is 55.0 Å². The molecule has 12 nitrogen and oxygen atoms in total. The number of aromatic nitrogens is 3. The highest BCUT2D eigenvalue weighted by Crippen LogP contribution is 2.41. The molecule has 1 unspecified atom stereocenters. The van der Waals surface area contributed by atoms with E-state index in [9.17, 15) is 14.9 Å². The molecule has 1 fully saturated rings. The average Bonchev–Trinajstić information content (AvgIpc) is 3.35. The average molecular weight is 588 g/mol. The summed E-state index contributed by atoms with van der Waals surface area (Å²) in [5.74, 6) is 0.841. The van der Waals surface area contributed by atoms with Crippen LogP contribution in [0, 0.1) is 10.1 Å². The lowest BCUT2D eigenvalue weighted by Crippen LogP contribution is -2.53. The predicted octanol–water partition coefficient (Wildman–Crippen LogP) is 6.48. The number of carbonyl (C=O) groups excluding carboxylic acids is 1. The first-order valence-corrected chi connectivity index (χ1v) is 14.2.